The molecule has 13 heteroatoms. The van der Waals surface area contributed by atoms with Gasteiger partial charge in [0.25, 0.3) is 5.91 Å². The first-order valence-electron chi connectivity index (χ1n) is 18.7. The van der Waals surface area contributed by atoms with Gasteiger partial charge in [0.15, 0.2) is 11.5 Å². The molecule has 1 saturated carbocycles. The molecule has 1 aliphatic carbocycles. The summed E-state index contributed by atoms with van der Waals surface area (Å²) in [5, 5.41) is 16.9. The highest BCUT2D eigenvalue weighted by molar-refractivity contribution is 6.03. The number of nitrogens with zero attached hydrogens (tertiary/aromatic N) is 7. The Kier molecular flexibility index (Phi) is 8.65. The highest BCUT2D eigenvalue weighted by Crippen LogP contribution is 2.35. The fraction of sp³-hybridized carbons (Fsp3) is 0.400. The van der Waals surface area contributed by atoms with E-state index in [1.807, 2.05) is 42.6 Å². The zero-order valence-corrected chi connectivity index (χ0v) is 29.8. The number of amides is 3. The summed E-state index contributed by atoms with van der Waals surface area (Å²) in [7, 11) is 1.58. The predicted molar refractivity (Wildman–Crippen MR) is 199 cm³/mol. The fourth-order valence-electron chi connectivity index (χ4n) is 8.81. The number of fused-ring (bicyclic) bond motifs is 3. The van der Waals surface area contributed by atoms with Gasteiger partial charge in [-0.15, -0.1) is 0 Å². The van der Waals surface area contributed by atoms with Crippen molar-refractivity contribution in [1.29, 1.82) is 0 Å². The lowest BCUT2D eigenvalue weighted by molar-refractivity contribution is -0.134. The van der Waals surface area contributed by atoms with E-state index in [1.165, 1.54) is 5.52 Å². The van der Waals surface area contributed by atoms with Crippen molar-refractivity contribution in [3.63, 3.8) is 0 Å². The van der Waals surface area contributed by atoms with Crippen LogP contribution in [0.3, 0.4) is 0 Å². The van der Waals surface area contributed by atoms with E-state index in [0.717, 1.165) is 85.7 Å². The fourth-order valence-corrected chi connectivity index (χ4v) is 8.81. The molecule has 6 aromatic rings. The molecule has 3 amide bonds. The highest BCUT2D eigenvalue weighted by atomic mass is 16.5. The summed E-state index contributed by atoms with van der Waals surface area (Å²) in [5.74, 6) is 1.05. The molecule has 2 aromatic carbocycles. The molecule has 6 heterocycles. The number of piperidine rings is 2. The number of carbonyl (C=O) groups is 3. The van der Waals surface area contributed by atoms with Gasteiger partial charge in [0.2, 0.25) is 11.8 Å². The minimum Gasteiger partial charge on any atom is -0.496 e. The van der Waals surface area contributed by atoms with Crippen LogP contribution in [0.2, 0.25) is 0 Å². The number of rotatable bonds is 8. The quantitative estimate of drug-likeness (QED) is 0.206. The molecule has 3 aliphatic rings. The maximum atomic E-state index is 13.6. The SMILES string of the molecule is COc1cc2nn(-c3cnc4cccnn34)cc2cc1C(=O)NC1CCC(CN2CCC(n3ccc4c(C5CCC(=O)NC5=O)cccc43)CC2)CC1. The number of imidazole rings is 1. The third kappa shape index (κ3) is 6.32. The number of likely N-dealkylation sites (tertiary alicyclic amines) is 1. The molecule has 272 valence electrons. The van der Waals surface area contributed by atoms with Crippen LogP contribution in [0.1, 0.15) is 79.2 Å². The Morgan fingerprint density at radius 3 is 2.66 bits per heavy atom. The summed E-state index contributed by atoms with van der Waals surface area (Å²) in [5.41, 5.74) is 4.13. The minimum absolute atomic E-state index is 0.125. The van der Waals surface area contributed by atoms with Gasteiger partial charge in [-0.1, -0.05) is 12.1 Å². The van der Waals surface area contributed by atoms with Crippen molar-refractivity contribution < 1.29 is 19.1 Å². The molecule has 2 aliphatic heterocycles. The molecule has 4 aromatic heterocycles. The first-order chi connectivity index (χ1) is 25.9. The lowest BCUT2D eigenvalue weighted by Gasteiger charge is -2.37. The molecular formula is C40H43N9O4. The summed E-state index contributed by atoms with van der Waals surface area (Å²) in [6, 6.07) is 16.3. The lowest BCUT2D eigenvalue weighted by Crippen LogP contribution is -2.41. The molecule has 1 atom stereocenters. The number of ether oxygens (including phenoxy) is 1. The Bertz CT molecular complexity index is 2340. The van der Waals surface area contributed by atoms with Crippen molar-refractivity contribution in [2.45, 2.75) is 69.4 Å². The van der Waals surface area contributed by atoms with Crippen LogP contribution in [0.5, 0.6) is 5.75 Å². The van der Waals surface area contributed by atoms with E-state index in [2.05, 4.69) is 48.5 Å². The summed E-state index contributed by atoms with van der Waals surface area (Å²) in [6.45, 7) is 3.21. The van der Waals surface area contributed by atoms with Crippen LogP contribution in [0.4, 0.5) is 0 Å². The Hall–Kier alpha value is -5.56. The second kappa shape index (κ2) is 13.8. The molecule has 0 bridgehead atoms. The monoisotopic (exact) mass is 713 g/mol. The van der Waals surface area contributed by atoms with Crippen LogP contribution in [0.25, 0.3) is 33.3 Å². The summed E-state index contributed by atoms with van der Waals surface area (Å²) in [4.78, 5) is 45.0. The number of nitrogens with one attached hydrogen (secondary N) is 2. The van der Waals surface area contributed by atoms with E-state index in [-0.39, 0.29) is 29.7 Å². The maximum absolute atomic E-state index is 13.6. The minimum atomic E-state index is -0.283. The van der Waals surface area contributed by atoms with Gasteiger partial charge < -0.3 is 19.5 Å². The second-order valence-electron chi connectivity index (χ2n) is 14.8. The number of aromatic nitrogens is 6. The molecule has 1 unspecified atom stereocenters. The molecular weight excluding hydrogens is 670 g/mol. The van der Waals surface area contributed by atoms with Crippen molar-refractivity contribution in [1.82, 2.24) is 44.5 Å². The normalized spacial score (nSPS) is 21.7. The van der Waals surface area contributed by atoms with E-state index in [9.17, 15) is 14.4 Å². The van der Waals surface area contributed by atoms with Gasteiger partial charge in [-0.3, -0.25) is 19.7 Å². The van der Waals surface area contributed by atoms with Crippen LogP contribution < -0.4 is 15.4 Å². The van der Waals surface area contributed by atoms with Crippen molar-refractivity contribution in [2.75, 3.05) is 26.7 Å². The second-order valence-corrected chi connectivity index (χ2v) is 14.8. The molecule has 3 fully saturated rings. The van der Waals surface area contributed by atoms with Crippen LogP contribution in [-0.2, 0) is 9.59 Å². The largest absolute Gasteiger partial charge is 0.496 e. The lowest BCUT2D eigenvalue weighted by atomic mass is 9.85. The van der Waals surface area contributed by atoms with Crippen molar-refractivity contribution in [3.8, 4) is 11.6 Å². The summed E-state index contributed by atoms with van der Waals surface area (Å²) in [6.07, 6.45) is 14.7. The number of carbonyl (C=O) groups excluding carboxylic acids is 3. The van der Waals surface area contributed by atoms with Crippen molar-refractivity contribution in [2.24, 2.45) is 5.92 Å². The number of methoxy groups -OCH3 is 1. The first-order valence-corrected chi connectivity index (χ1v) is 18.7. The van der Waals surface area contributed by atoms with E-state index in [1.54, 1.807) is 28.7 Å². The number of hydrogen-bond donors (Lipinski definition) is 2. The van der Waals surface area contributed by atoms with Crippen LogP contribution >= 0.6 is 0 Å². The standard InChI is InChI=1S/C40H43N9O4/c1-53-35-21-33-26(24-48(45-33)38-22-41-36-6-3-16-42-49(36)38)20-32(35)40(52)43-27-9-7-25(8-10-27)23-46-17-13-28(14-18-46)47-19-15-30-29(4-2-5-34(30)47)31-11-12-37(50)44-39(31)51/h2-6,15-16,19-22,24-25,27-28,31H,7-14,17-18,23H2,1H3,(H,43,52)(H,44,50,51). The molecule has 0 spiro atoms. The zero-order valence-electron chi connectivity index (χ0n) is 29.8. The molecule has 53 heavy (non-hydrogen) atoms. The third-order valence-electron chi connectivity index (χ3n) is 11.6. The molecule has 2 N–H and O–H groups in total. The van der Waals surface area contributed by atoms with E-state index in [4.69, 9.17) is 9.84 Å². The highest BCUT2D eigenvalue weighted by Gasteiger charge is 2.31. The van der Waals surface area contributed by atoms with Gasteiger partial charge in [-0.05, 0) is 86.8 Å². The van der Waals surface area contributed by atoms with Crippen LogP contribution in [-0.4, -0.2) is 84.4 Å². The first kappa shape index (κ1) is 33.3. The number of benzene rings is 2. The molecule has 9 rings (SSSR count). The van der Waals surface area contributed by atoms with Gasteiger partial charge in [-0.2, -0.15) is 14.7 Å². The topological polar surface area (TPSA) is 141 Å². The van der Waals surface area contributed by atoms with Crippen molar-refractivity contribution >= 4 is 45.2 Å². The smallest absolute Gasteiger partial charge is 0.255 e. The summed E-state index contributed by atoms with van der Waals surface area (Å²) >= 11 is 0. The Morgan fingerprint density at radius 2 is 1.85 bits per heavy atom. The Morgan fingerprint density at radius 1 is 1.00 bits per heavy atom. The third-order valence-corrected chi connectivity index (χ3v) is 11.6. The molecule has 13 nitrogen and oxygen atoms in total. The average molecular weight is 714 g/mol. The predicted octanol–water partition coefficient (Wildman–Crippen LogP) is 5.18. The van der Waals surface area contributed by atoms with Gasteiger partial charge in [0.05, 0.1) is 30.3 Å². The van der Waals surface area contributed by atoms with Crippen LogP contribution in [0.15, 0.2) is 73.3 Å². The maximum Gasteiger partial charge on any atom is 0.255 e. The van der Waals surface area contributed by atoms with Crippen molar-refractivity contribution in [3.05, 3.63) is 84.4 Å². The van der Waals surface area contributed by atoms with Gasteiger partial charge in [-0.25, -0.2) is 9.67 Å². The van der Waals surface area contributed by atoms with Crippen LogP contribution in [0, 0.1) is 5.92 Å². The Balaban J connectivity index is 0.788. The van der Waals surface area contributed by atoms with Gasteiger partial charge in [0, 0.05) is 79.1 Å². The van der Waals surface area contributed by atoms with E-state index in [0.29, 0.717) is 41.9 Å². The van der Waals surface area contributed by atoms with E-state index < -0.39 is 0 Å². The van der Waals surface area contributed by atoms with Gasteiger partial charge >= 0.3 is 0 Å². The number of imide groups is 1. The average Bonchev–Trinajstić information content (AvgIpc) is 3.92. The zero-order chi connectivity index (χ0) is 36.1. The van der Waals surface area contributed by atoms with Gasteiger partial charge in [0.1, 0.15) is 5.75 Å². The number of hydrogen-bond acceptors (Lipinski definition) is 8. The molecule has 2 saturated heterocycles. The Labute approximate surface area is 306 Å². The summed E-state index contributed by atoms with van der Waals surface area (Å²) < 4.78 is 11.5. The molecule has 0 radical (unpaired) electrons. The van der Waals surface area contributed by atoms with E-state index >= 15 is 0 Å².